The van der Waals surface area contributed by atoms with Crippen LogP contribution in [0.5, 0.6) is 0 Å². The summed E-state index contributed by atoms with van der Waals surface area (Å²) in [5.74, 6) is -0.464. The number of amides is 2. The first-order valence-corrected chi connectivity index (χ1v) is 12.7. The molecule has 2 amide bonds. The molecule has 2 aliphatic heterocycles. The van der Waals surface area contributed by atoms with Gasteiger partial charge in [0.25, 0.3) is 0 Å². The van der Waals surface area contributed by atoms with Crippen LogP contribution in [-0.2, 0) is 27.3 Å². The lowest BCUT2D eigenvalue weighted by Gasteiger charge is -2.36. The highest BCUT2D eigenvalue weighted by Gasteiger charge is 2.25. The Hall–Kier alpha value is -2.77. The minimum Gasteiger partial charge on any atom is -0.381 e. The van der Waals surface area contributed by atoms with Gasteiger partial charge in [-0.1, -0.05) is 36.4 Å². The molecule has 0 aliphatic carbocycles. The average molecular weight is 482 g/mol. The van der Waals surface area contributed by atoms with E-state index in [1.54, 1.807) is 25.1 Å². The standard InChI is InChI=1S/C28H36FN3O3/c1-22(33)32-17-7-15-30(25-12-18-35-19-13-25)14-6-16-31(21-24-9-3-5-11-27(24)32)28(34)20-23-8-2-4-10-26(23)29/h2-5,8-11,25H,6-7,12-21H2,1H3. The van der Waals surface area contributed by atoms with Crippen LogP contribution in [0, 0.1) is 5.82 Å². The fourth-order valence-corrected chi connectivity index (χ4v) is 5.19. The Kier molecular flexibility index (Phi) is 8.88. The molecule has 0 unspecified atom stereocenters. The summed E-state index contributed by atoms with van der Waals surface area (Å²) < 4.78 is 19.9. The molecule has 2 aliphatic rings. The van der Waals surface area contributed by atoms with E-state index in [2.05, 4.69) is 4.90 Å². The van der Waals surface area contributed by atoms with Gasteiger partial charge in [0.05, 0.1) is 6.42 Å². The van der Waals surface area contributed by atoms with Crippen molar-refractivity contribution in [1.29, 1.82) is 0 Å². The minimum absolute atomic E-state index is 0.00337. The van der Waals surface area contributed by atoms with Crippen LogP contribution in [0.3, 0.4) is 0 Å². The summed E-state index contributed by atoms with van der Waals surface area (Å²) in [7, 11) is 0. The summed E-state index contributed by atoms with van der Waals surface area (Å²) in [5.41, 5.74) is 2.19. The van der Waals surface area contributed by atoms with Gasteiger partial charge in [0.1, 0.15) is 5.82 Å². The van der Waals surface area contributed by atoms with E-state index in [-0.39, 0.29) is 24.1 Å². The van der Waals surface area contributed by atoms with E-state index < -0.39 is 0 Å². The topological polar surface area (TPSA) is 53.1 Å². The molecule has 2 aromatic rings. The molecular weight excluding hydrogens is 445 g/mol. The van der Waals surface area contributed by atoms with Gasteiger partial charge in [-0.05, 0) is 48.9 Å². The van der Waals surface area contributed by atoms with Gasteiger partial charge in [-0.25, -0.2) is 4.39 Å². The second kappa shape index (κ2) is 12.3. The average Bonchev–Trinajstić information content (AvgIpc) is 2.86. The number of rotatable bonds is 3. The van der Waals surface area contributed by atoms with Gasteiger partial charge in [-0.3, -0.25) is 9.59 Å². The summed E-state index contributed by atoms with van der Waals surface area (Å²) in [6.45, 7) is 6.56. The zero-order valence-electron chi connectivity index (χ0n) is 20.6. The monoisotopic (exact) mass is 481 g/mol. The van der Waals surface area contributed by atoms with E-state index in [1.807, 2.05) is 34.1 Å². The normalized spacial score (nSPS) is 18.9. The molecule has 6 nitrogen and oxygen atoms in total. The van der Waals surface area contributed by atoms with E-state index in [0.29, 0.717) is 31.2 Å². The highest BCUT2D eigenvalue weighted by atomic mass is 19.1. The maximum absolute atomic E-state index is 14.3. The second-order valence-corrected chi connectivity index (χ2v) is 9.47. The molecule has 0 N–H and O–H groups in total. The Bertz CT molecular complexity index is 1010. The van der Waals surface area contributed by atoms with Crippen LogP contribution in [0.25, 0.3) is 0 Å². The van der Waals surface area contributed by atoms with Gasteiger partial charge in [-0.15, -0.1) is 0 Å². The number of benzene rings is 2. The lowest BCUT2D eigenvalue weighted by Crippen LogP contribution is -2.44. The summed E-state index contributed by atoms with van der Waals surface area (Å²) in [6.07, 6.45) is 3.78. The molecule has 0 spiro atoms. The lowest BCUT2D eigenvalue weighted by atomic mass is 10.1. The number of carbonyl (C=O) groups is 2. The summed E-state index contributed by atoms with van der Waals surface area (Å²) >= 11 is 0. The quantitative estimate of drug-likeness (QED) is 0.665. The van der Waals surface area contributed by atoms with Crippen molar-refractivity contribution < 1.29 is 18.7 Å². The zero-order chi connectivity index (χ0) is 24.6. The Morgan fingerprint density at radius 1 is 0.943 bits per heavy atom. The summed E-state index contributed by atoms with van der Waals surface area (Å²) in [5, 5.41) is 0. The molecule has 0 aromatic heterocycles. The smallest absolute Gasteiger partial charge is 0.227 e. The van der Waals surface area contributed by atoms with Crippen LogP contribution in [0.15, 0.2) is 48.5 Å². The van der Waals surface area contributed by atoms with Crippen LogP contribution < -0.4 is 4.90 Å². The summed E-state index contributed by atoms with van der Waals surface area (Å²) in [6, 6.07) is 14.7. The van der Waals surface area contributed by atoms with Gasteiger partial charge in [-0.2, -0.15) is 0 Å². The Morgan fingerprint density at radius 2 is 1.63 bits per heavy atom. The molecular formula is C28H36FN3O3. The first kappa shape index (κ1) is 25.3. The molecule has 35 heavy (non-hydrogen) atoms. The maximum atomic E-state index is 14.3. The third-order valence-electron chi connectivity index (χ3n) is 7.08. The first-order valence-electron chi connectivity index (χ1n) is 12.7. The number of ether oxygens (including phenoxy) is 1. The van der Waals surface area contributed by atoms with E-state index in [4.69, 9.17) is 4.74 Å². The highest BCUT2D eigenvalue weighted by Crippen LogP contribution is 2.25. The SMILES string of the molecule is CC(=O)N1CCCN(C2CCOCC2)CCCN(C(=O)Cc2ccccc2F)Cc2ccccc21. The van der Waals surface area contributed by atoms with E-state index in [1.165, 1.54) is 6.07 Å². The minimum atomic E-state index is -0.357. The van der Waals surface area contributed by atoms with E-state index in [9.17, 15) is 14.0 Å². The Morgan fingerprint density at radius 3 is 2.37 bits per heavy atom. The number of halogens is 1. The van der Waals surface area contributed by atoms with E-state index in [0.717, 1.165) is 63.2 Å². The number of para-hydroxylation sites is 1. The number of anilines is 1. The van der Waals surface area contributed by atoms with Crippen molar-refractivity contribution in [3.05, 3.63) is 65.5 Å². The fraction of sp³-hybridized carbons (Fsp3) is 0.500. The predicted octanol–water partition coefficient (Wildman–Crippen LogP) is 4.02. The molecule has 7 heteroatoms. The molecule has 0 saturated carbocycles. The van der Waals surface area contributed by atoms with Crippen molar-refractivity contribution in [2.45, 2.75) is 51.6 Å². The molecule has 4 rings (SSSR count). The fourth-order valence-electron chi connectivity index (χ4n) is 5.19. The van der Waals surface area contributed by atoms with Gasteiger partial charge in [0, 0.05) is 64.6 Å². The highest BCUT2D eigenvalue weighted by molar-refractivity contribution is 5.92. The van der Waals surface area contributed by atoms with Crippen molar-refractivity contribution in [1.82, 2.24) is 9.80 Å². The number of nitrogens with zero attached hydrogens (tertiary/aromatic N) is 3. The Labute approximate surface area is 207 Å². The Balaban J connectivity index is 1.60. The molecule has 0 radical (unpaired) electrons. The van der Waals surface area contributed by atoms with Crippen molar-refractivity contribution in [3.63, 3.8) is 0 Å². The van der Waals surface area contributed by atoms with Crippen LogP contribution in [0.1, 0.15) is 43.7 Å². The summed E-state index contributed by atoms with van der Waals surface area (Å²) in [4.78, 5) is 32.2. The van der Waals surface area contributed by atoms with Crippen molar-refractivity contribution in [3.8, 4) is 0 Å². The number of fused-ring (bicyclic) bond motifs is 1. The lowest BCUT2D eigenvalue weighted by molar-refractivity contribution is -0.131. The first-order chi connectivity index (χ1) is 17.0. The molecule has 2 aromatic carbocycles. The number of hydrogen-bond acceptors (Lipinski definition) is 4. The van der Waals surface area contributed by atoms with Crippen molar-refractivity contribution in [2.24, 2.45) is 0 Å². The van der Waals surface area contributed by atoms with Gasteiger partial charge in [0.2, 0.25) is 11.8 Å². The van der Waals surface area contributed by atoms with Crippen LogP contribution in [0.4, 0.5) is 10.1 Å². The van der Waals surface area contributed by atoms with Crippen molar-refractivity contribution in [2.75, 3.05) is 44.3 Å². The van der Waals surface area contributed by atoms with Crippen LogP contribution in [-0.4, -0.2) is 67.0 Å². The zero-order valence-corrected chi connectivity index (χ0v) is 20.6. The molecule has 0 atom stereocenters. The largest absolute Gasteiger partial charge is 0.381 e. The second-order valence-electron chi connectivity index (χ2n) is 9.47. The number of carbonyl (C=O) groups excluding carboxylic acids is 2. The third-order valence-corrected chi connectivity index (χ3v) is 7.08. The predicted molar refractivity (Wildman–Crippen MR) is 135 cm³/mol. The molecule has 2 heterocycles. The molecule has 1 saturated heterocycles. The van der Waals surface area contributed by atoms with Crippen LogP contribution in [0.2, 0.25) is 0 Å². The number of hydrogen-bond donors (Lipinski definition) is 0. The van der Waals surface area contributed by atoms with Crippen LogP contribution >= 0.6 is 0 Å². The third kappa shape index (κ3) is 6.67. The van der Waals surface area contributed by atoms with Gasteiger partial charge < -0.3 is 19.4 Å². The maximum Gasteiger partial charge on any atom is 0.227 e. The van der Waals surface area contributed by atoms with Gasteiger partial charge in [0.15, 0.2) is 0 Å². The van der Waals surface area contributed by atoms with Crippen molar-refractivity contribution >= 4 is 17.5 Å². The molecule has 188 valence electrons. The van der Waals surface area contributed by atoms with Gasteiger partial charge >= 0.3 is 0 Å². The molecule has 0 bridgehead atoms. The molecule has 1 fully saturated rings. The van der Waals surface area contributed by atoms with E-state index >= 15 is 0 Å².